The Bertz CT molecular complexity index is 1090. The van der Waals surface area contributed by atoms with Crippen LogP contribution in [0.2, 0.25) is 0 Å². The van der Waals surface area contributed by atoms with Gasteiger partial charge >= 0.3 is 12.2 Å². The largest absolute Gasteiger partial charge is 0.504 e. The monoisotopic (exact) mass is 472 g/mol. The minimum absolute atomic E-state index is 0.0412. The third-order valence-electron chi connectivity index (χ3n) is 6.17. The van der Waals surface area contributed by atoms with Crippen molar-refractivity contribution in [2.75, 3.05) is 0 Å². The van der Waals surface area contributed by atoms with Gasteiger partial charge in [-0.25, -0.2) is 4.90 Å². The Labute approximate surface area is 184 Å². The molecule has 2 saturated heterocycles. The summed E-state index contributed by atoms with van der Waals surface area (Å²) in [6, 6.07) is -1.51. The van der Waals surface area contributed by atoms with Gasteiger partial charge in [0.05, 0.1) is 5.39 Å². The summed E-state index contributed by atoms with van der Waals surface area (Å²) in [5, 5.41) is 103. The van der Waals surface area contributed by atoms with Gasteiger partial charge in [-0.2, -0.15) is 9.78 Å². The predicted molar refractivity (Wildman–Crippen MR) is 104 cm³/mol. The standard InChI is InChI=1S/C18H24N4O11/c23-12-9-10(20-22(18(31,32)33)11(9)13(24)15(26)14(12)25)16(27)19-6-4-7-2-1-3-8(5-6)21(7)17(28,29)30/h6-8,23-26,28-33H,1-5H2,(H,19,27). The van der Waals surface area contributed by atoms with E-state index in [-0.39, 0.29) is 17.5 Å². The van der Waals surface area contributed by atoms with Crippen LogP contribution >= 0.6 is 0 Å². The smallest absolute Gasteiger partial charge is 0.389 e. The molecule has 15 heteroatoms. The summed E-state index contributed by atoms with van der Waals surface area (Å²) < 4.78 is -0.0412. The van der Waals surface area contributed by atoms with E-state index in [0.717, 1.165) is 11.3 Å². The number of piperidine rings is 2. The second kappa shape index (κ2) is 7.56. The van der Waals surface area contributed by atoms with Crippen molar-refractivity contribution in [1.82, 2.24) is 20.0 Å². The zero-order chi connectivity index (χ0) is 24.5. The van der Waals surface area contributed by atoms with Crippen LogP contribution in [-0.2, 0) is 6.10 Å². The number of aliphatic hydroxyl groups is 6. The van der Waals surface area contributed by atoms with Gasteiger partial charge in [-0.15, -0.1) is 0 Å². The van der Waals surface area contributed by atoms with Crippen molar-refractivity contribution in [3.05, 3.63) is 5.69 Å². The molecule has 2 aromatic rings. The molecule has 2 aliphatic rings. The van der Waals surface area contributed by atoms with Crippen molar-refractivity contribution in [2.45, 2.75) is 62.4 Å². The van der Waals surface area contributed by atoms with Crippen LogP contribution in [0.5, 0.6) is 23.0 Å². The van der Waals surface area contributed by atoms with Crippen LogP contribution in [0.4, 0.5) is 0 Å². The summed E-state index contributed by atoms with van der Waals surface area (Å²) in [5.74, 6) is -5.76. The van der Waals surface area contributed by atoms with E-state index in [1.54, 1.807) is 0 Å². The van der Waals surface area contributed by atoms with Crippen LogP contribution in [0, 0.1) is 0 Å². The maximum Gasteiger partial charge on any atom is 0.389 e. The Balaban J connectivity index is 1.70. The average Bonchev–Trinajstić information content (AvgIpc) is 3.10. The van der Waals surface area contributed by atoms with E-state index < -0.39 is 75.8 Å². The number of amides is 1. The molecule has 182 valence electrons. The summed E-state index contributed by atoms with van der Waals surface area (Å²) in [4.78, 5) is 14.2. The molecule has 2 atom stereocenters. The highest BCUT2D eigenvalue weighted by Gasteiger charge is 2.47. The van der Waals surface area contributed by atoms with Gasteiger partial charge in [0.15, 0.2) is 17.2 Å². The molecular formula is C18H24N4O11. The summed E-state index contributed by atoms with van der Waals surface area (Å²) in [7, 11) is 0. The minimum atomic E-state index is -3.75. The van der Waals surface area contributed by atoms with E-state index in [2.05, 4.69) is 10.4 Å². The predicted octanol–water partition coefficient (Wildman–Crippen LogP) is -2.89. The number of hydrogen-bond acceptors (Lipinski definition) is 13. The van der Waals surface area contributed by atoms with E-state index >= 15 is 0 Å². The van der Waals surface area contributed by atoms with Gasteiger partial charge in [-0.05, 0) is 25.7 Å². The number of rotatable bonds is 4. The minimum Gasteiger partial charge on any atom is -0.504 e. The lowest BCUT2D eigenvalue weighted by atomic mass is 9.81. The van der Waals surface area contributed by atoms with Gasteiger partial charge in [0.2, 0.25) is 11.5 Å². The van der Waals surface area contributed by atoms with Gasteiger partial charge in [0, 0.05) is 18.1 Å². The summed E-state index contributed by atoms with van der Waals surface area (Å²) in [6.07, 6.45) is -4.54. The molecule has 0 radical (unpaired) electrons. The van der Waals surface area contributed by atoms with E-state index in [4.69, 9.17) is 0 Å². The second-order valence-corrected chi connectivity index (χ2v) is 8.37. The molecule has 2 unspecified atom stereocenters. The van der Waals surface area contributed by atoms with Crippen LogP contribution in [0.25, 0.3) is 10.9 Å². The zero-order valence-electron chi connectivity index (χ0n) is 17.0. The number of fused-ring (bicyclic) bond motifs is 3. The second-order valence-electron chi connectivity index (χ2n) is 8.37. The zero-order valence-corrected chi connectivity index (χ0v) is 17.0. The maximum absolute atomic E-state index is 13.0. The van der Waals surface area contributed by atoms with Gasteiger partial charge in [-0.1, -0.05) is 6.42 Å². The number of aromatic hydroxyl groups is 4. The topological polar surface area (TPSA) is 252 Å². The molecule has 2 bridgehead atoms. The number of carbonyl (C=O) groups excluding carboxylic acids is 1. The third-order valence-corrected chi connectivity index (χ3v) is 6.17. The lowest BCUT2D eigenvalue weighted by molar-refractivity contribution is -0.416. The number of phenols is 4. The van der Waals surface area contributed by atoms with Crippen molar-refractivity contribution in [1.29, 1.82) is 0 Å². The van der Waals surface area contributed by atoms with Gasteiger partial charge in [-0.3, -0.25) is 4.79 Å². The number of nitrogens with zero attached hydrogens (tertiary/aromatic N) is 3. The van der Waals surface area contributed by atoms with E-state index in [9.17, 15) is 55.9 Å². The molecule has 15 nitrogen and oxygen atoms in total. The Morgan fingerprint density at radius 1 is 0.848 bits per heavy atom. The highest BCUT2D eigenvalue weighted by Crippen LogP contribution is 2.50. The number of hydrogen-bond donors (Lipinski definition) is 11. The maximum atomic E-state index is 13.0. The lowest BCUT2D eigenvalue weighted by Gasteiger charge is -2.51. The molecule has 0 aliphatic carbocycles. The molecule has 2 aliphatic heterocycles. The van der Waals surface area contributed by atoms with Crippen LogP contribution in [-0.4, -0.2) is 95.9 Å². The highest BCUT2D eigenvalue weighted by molar-refractivity contribution is 6.10. The molecule has 0 saturated carbocycles. The molecule has 11 N–H and O–H groups in total. The number of carbonyl (C=O) groups is 1. The molecule has 1 aromatic heterocycles. The van der Waals surface area contributed by atoms with Crippen molar-refractivity contribution < 1.29 is 55.9 Å². The highest BCUT2D eigenvalue weighted by atomic mass is 16.7. The quantitative estimate of drug-likeness (QED) is 0.121. The van der Waals surface area contributed by atoms with Crippen LogP contribution < -0.4 is 5.32 Å². The molecule has 1 amide bonds. The molecule has 0 spiro atoms. The van der Waals surface area contributed by atoms with E-state index in [0.29, 0.717) is 12.8 Å². The third kappa shape index (κ3) is 3.78. The average molecular weight is 472 g/mol. The first-order valence-electron chi connectivity index (χ1n) is 10.0. The number of benzene rings is 1. The molecule has 4 rings (SSSR count). The number of nitrogens with one attached hydrogen (secondary N) is 1. The lowest BCUT2D eigenvalue weighted by Crippen LogP contribution is -2.65. The van der Waals surface area contributed by atoms with E-state index in [1.807, 2.05) is 0 Å². The first-order chi connectivity index (χ1) is 15.2. The van der Waals surface area contributed by atoms with Crippen molar-refractivity contribution in [2.24, 2.45) is 0 Å². The molecule has 3 heterocycles. The Morgan fingerprint density at radius 3 is 1.91 bits per heavy atom. The first kappa shape index (κ1) is 23.2. The Hall–Kier alpha value is -2.92. The molecule has 1 aromatic carbocycles. The fraction of sp³-hybridized carbons (Fsp3) is 0.556. The Morgan fingerprint density at radius 2 is 1.39 bits per heavy atom. The van der Waals surface area contributed by atoms with Crippen LogP contribution in [0.15, 0.2) is 0 Å². The molecule has 2 fully saturated rings. The first-order valence-corrected chi connectivity index (χ1v) is 10.0. The molecular weight excluding hydrogens is 448 g/mol. The van der Waals surface area contributed by atoms with Crippen molar-refractivity contribution in [3.8, 4) is 23.0 Å². The fourth-order valence-corrected chi connectivity index (χ4v) is 4.93. The number of aromatic nitrogens is 2. The van der Waals surface area contributed by atoms with Crippen LogP contribution in [0.1, 0.15) is 42.6 Å². The summed E-state index contributed by atoms with van der Waals surface area (Å²) in [6.45, 7) is 0. The van der Waals surface area contributed by atoms with Gasteiger partial charge in [0.1, 0.15) is 5.52 Å². The van der Waals surface area contributed by atoms with Crippen molar-refractivity contribution >= 4 is 16.8 Å². The number of phenolic OH excluding ortho intramolecular Hbond substituents is 4. The normalized spacial score (nSPS) is 24.2. The Kier molecular flexibility index (Phi) is 5.32. The fourth-order valence-electron chi connectivity index (χ4n) is 4.93. The summed E-state index contributed by atoms with van der Waals surface area (Å²) >= 11 is 0. The summed E-state index contributed by atoms with van der Waals surface area (Å²) in [5.41, 5.74) is -1.57. The van der Waals surface area contributed by atoms with Crippen LogP contribution in [0.3, 0.4) is 0 Å². The van der Waals surface area contributed by atoms with E-state index in [1.165, 1.54) is 0 Å². The van der Waals surface area contributed by atoms with Gasteiger partial charge < -0.3 is 56.4 Å². The van der Waals surface area contributed by atoms with Gasteiger partial charge in [0.25, 0.3) is 5.91 Å². The van der Waals surface area contributed by atoms with Crippen molar-refractivity contribution in [3.63, 3.8) is 0 Å². The molecule has 33 heavy (non-hydrogen) atoms. The SMILES string of the molecule is O=C(NC1CC2CCCC(C1)N2C(O)(O)O)c1nn(C(O)(O)O)c2c(O)c(O)c(O)c(O)c12.